The molecular formula is C26H32IN5O3. The standard InChI is InChI=1S/C26H32IN5O3/c1-3-24(33)28-13-5-4-11-22(30-25(34)20-9-7-10-21(27)18-20)26(35)32-16-14-31(15-17-32)23-12-6-8-19(2)29-23/h3,6-10,12,18,22H,1,4-5,11,13-17H2,2H3,(H,28,33)(H,30,34). The second-order valence-corrected chi connectivity index (χ2v) is 9.72. The molecule has 0 bridgehead atoms. The van der Waals surface area contributed by atoms with Crippen molar-refractivity contribution in [3.8, 4) is 0 Å². The molecular weight excluding hydrogens is 557 g/mol. The van der Waals surface area contributed by atoms with Gasteiger partial charge in [0.2, 0.25) is 11.8 Å². The van der Waals surface area contributed by atoms with Crippen LogP contribution in [-0.4, -0.2) is 66.4 Å². The Morgan fingerprint density at radius 1 is 1.11 bits per heavy atom. The summed E-state index contributed by atoms with van der Waals surface area (Å²) in [4.78, 5) is 46.3. The maximum absolute atomic E-state index is 13.4. The summed E-state index contributed by atoms with van der Waals surface area (Å²) in [5.41, 5.74) is 1.49. The number of aromatic nitrogens is 1. The van der Waals surface area contributed by atoms with Crippen molar-refractivity contribution in [2.45, 2.75) is 32.2 Å². The Balaban J connectivity index is 1.61. The minimum absolute atomic E-state index is 0.0732. The lowest BCUT2D eigenvalue weighted by atomic mass is 10.1. The number of nitrogens with one attached hydrogen (secondary N) is 2. The molecule has 1 aliphatic heterocycles. The highest BCUT2D eigenvalue weighted by Gasteiger charge is 2.29. The highest BCUT2D eigenvalue weighted by molar-refractivity contribution is 14.1. The molecule has 1 aliphatic rings. The van der Waals surface area contributed by atoms with Gasteiger partial charge in [-0.05, 0) is 85.2 Å². The lowest BCUT2D eigenvalue weighted by Gasteiger charge is -2.37. The monoisotopic (exact) mass is 589 g/mol. The Hall–Kier alpha value is -2.95. The second-order valence-electron chi connectivity index (χ2n) is 8.48. The van der Waals surface area contributed by atoms with Gasteiger partial charge in [-0.25, -0.2) is 4.98 Å². The topological polar surface area (TPSA) is 94.6 Å². The molecule has 0 radical (unpaired) electrons. The van der Waals surface area contributed by atoms with E-state index in [1.807, 2.05) is 42.2 Å². The molecule has 9 heteroatoms. The zero-order chi connectivity index (χ0) is 25.2. The molecule has 1 fully saturated rings. The molecule has 8 nitrogen and oxygen atoms in total. The van der Waals surface area contributed by atoms with Crippen molar-refractivity contribution in [1.82, 2.24) is 20.5 Å². The molecule has 2 N–H and O–H groups in total. The Labute approximate surface area is 220 Å². The number of carbonyl (C=O) groups is 3. The van der Waals surface area contributed by atoms with E-state index in [4.69, 9.17) is 0 Å². The van der Waals surface area contributed by atoms with E-state index in [1.54, 1.807) is 12.1 Å². The molecule has 1 unspecified atom stereocenters. The van der Waals surface area contributed by atoms with Gasteiger partial charge in [-0.2, -0.15) is 0 Å². The van der Waals surface area contributed by atoms with E-state index in [9.17, 15) is 14.4 Å². The summed E-state index contributed by atoms with van der Waals surface area (Å²) >= 11 is 2.16. The SMILES string of the molecule is C=CC(=O)NCCCCC(NC(=O)c1cccc(I)c1)C(=O)N1CCN(c2cccc(C)n2)CC1. The summed E-state index contributed by atoms with van der Waals surface area (Å²) in [5, 5.41) is 5.70. The van der Waals surface area contributed by atoms with Gasteiger partial charge in [-0.15, -0.1) is 0 Å². The number of carbonyl (C=O) groups excluding carboxylic acids is 3. The van der Waals surface area contributed by atoms with E-state index in [0.29, 0.717) is 57.5 Å². The molecule has 0 saturated carbocycles. The number of benzene rings is 1. The average Bonchev–Trinajstić information content (AvgIpc) is 2.87. The molecule has 1 atom stereocenters. The van der Waals surface area contributed by atoms with Crippen LogP contribution in [-0.2, 0) is 9.59 Å². The van der Waals surface area contributed by atoms with Crippen LogP contribution in [0.25, 0.3) is 0 Å². The predicted molar refractivity (Wildman–Crippen MR) is 145 cm³/mol. The number of unbranched alkanes of at least 4 members (excludes halogenated alkanes) is 1. The van der Waals surface area contributed by atoms with Gasteiger partial charge in [-0.3, -0.25) is 14.4 Å². The molecule has 3 amide bonds. The molecule has 0 spiro atoms. The normalized spacial score (nSPS) is 14.2. The van der Waals surface area contributed by atoms with E-state index in [2.05, 4.69) is 49.7 Å². The Morgan fingerprint density at radius 3 is 2.54 bits per heavy atom. The van der Waals surface area contributed by atoms with Crippen LogP contribution in [0.2, 0.25) is 0 Å². The van der Waals surface area contributed by atoms with E-state index < -0.39 is 6.04 Å². The number of anilines is 1. The first kappa shape index (κ1) is 26.7. The molecule has 0 aliphatic carbocycles. The van der Waals surface area contributed by atoms with Crippen molar-refractivity contribution in [1.29, 1.82) is 0 Å². The highest BCUT2D eigenvalue weighted by atomic mass is 127. The number of halogens is 1. The van der Waals surface area contributed by atoms with Crippen molar-refractivity contribution >= 4 is 46.1 Å². The number of rotatable bonds is 10. The van der Waals surface area contributed by atoms with Gasteiger partial charge >= 0.3 is 0 Å². The fourth-order valence-corrected chi connectivity index (χ4v) is 4.51. The minimum Gasteiger partial charge on any atom is -0.353 e. The van der Waals surface area contributed by atoms with Crippen molar-refractivity contribution in [3.63, 3.8) is 0 Å². The van der Waals surface area contributed by atoms with Crippen molar-refractivity contribution in [2.24, 2.45) is 0 Å². The average molecular weight is 589 g/mol. The smallest absolute Gasteiger partial charge is 0.251 e. The molecule has 2 aromatic rings. The Morgan fingerprint density at radius 2 is 1.86 bits per heavy atom. The number of nitrogens with zero attached hydrogens (tertiary/aromatic N) is 3. The van der Waals surface area contributed by atoms with Crippen LogP contribution in [0.3, 0.4) is 0 Å². The van der Waals surface area contributed by atoms with Crippen LogP contribution in [0, 0.1) is 10.5 Å². The lowest BCUT2D eigenvalue weighted by molar-refractivity contribution is -0.133. The Kier molecular flexibility index (Phi) is 10.1. The van der Waals surface area contributed by atoms with Crippen molar-refractivity contribution < 1.29 is 14.4 Å². The van der Waals surface area contributed by atoms with Crippen LogP contribution in [0.5, 0.6) is 0 Å². The largest absolute Gasteiger partial charge is 0.353 e. The van der Waals surface area contributed by atoms with E-state index in [-0.39, 0.29) is 17.7 Å². The molecule has 1 aromatic carbocycles. The van der Waals surface area contributed by atoms with Gasteiger partial charge in [0.1, 0.15) is 11.9 Å². The van der Waals surface area contributed by atoms with Gasteiger partial charge in [0.05, 0.1) is 0 Å². The van der Waals surface area contributed by atoms with Gasteiger partial charge in [-0.1, -0.05) is 18.7 Å². The van der Waals surface area contributed by atoms with Crippen LogP contribution >= 0.6 is 22.6 Å². The third kappa shape index (κ3) is 8.05. The highest BCUT2D eigenvalue weighted by Crippen LogP contribution is 2.16. The quantitative estimate of drug-likeness (QED) is 0.253. The Bertz CT molecular complexity index is 1050. The van der Waals surface area contributed by atoms with Crippen LogP contribution < -0.4 is 15.5 Å². The first-order valence-electron chi connectivity index (χ1n) is 11.8. The summed E-state index contributed by atoms with van der Waals surface area (Å²) in [7, 11) is 0. The van der Waals surface area contributed by atoms with E-state index in [1.165, 1.54) is 6.08 Å². The fourth-order valence-electron chi connectivity index (χ4n) is 3.97. The van der Waals surface area contributed by atoms with Crippen LogP contribution in [0.4, 0.5) is 5.82 Å². The number of pyridine rings is 1. The van der Waals surface area contributed by atoms with E-state index >= 15 is 0 Å². The minimum atomic E-state index is -0.626. The number of aryl methyl sites for hydroxylation is 1. The van der Waals surface area contributed by atoms with Gasteiger partial charge < -0.3 is 20.4 Å². The third-order valence-electron chi connectivity index (χ3n) is 5.88. The van der Waals surface area contributed by atoms with Crippen LogP contribution in [0.15, 0.2) is 55.1 Å². The summed E-state index contributed by atoms with van der Waals surface area (Å²) in [6.45, 7) is 8.42. The maximum Gasteiger partial charge on any atom is 0.251 e. The summed E-state index contributed by atoms with van der Waals surface area (Å²) in [5.74, 6) is 0.369. The number of amides is 3. The summed E-state index contributed by atoms with van der Waals surface area (Å²) in [6.07, 6.45) is 3.13. The number of hydrogen-bond acceptors (Lipinski definition) is 5. The predicted octanol–water partition coefficient (Wildman–Crippen LogP) is 2.91. The summed E-state index contributed by atoms with van der Waals surface area (Å²) < 4.78 is 0.956. The van der Waals surface area contributed by atoms with Crippen molar-refractivity contribution in [3.05, 3.63) is 69.9 Å². The molecule has 1 aromatic heterocycles. The third-order valence-corrected chi connectivity index (χ3v) is 6.55. The molecule has 3 rings (SSSR count). The van der Waals surface area contributed by atoms with Gasteiger partial charge in [0.15, 0.2) is 0 Å². The molecule has 186 valence electrons. The molecule has 35 heavy (non-hydrogen) atoms. The number of hydrogen-bond donors (Lipinski definition) is 2. The lowest BCUT2D eigenvalue weighted by Crippen LogP contribution is -2.55. The van der Waals surface area contributed by atoms with Crippen LogP contribution in [0.1, 0.15) is 35.3 Å². The van der Waals surface area contributed by atoms with Gasteiger partial charge in [0, 0.05) is 47.6 Å². The zero-order valence-corrected chi connectivity index (χ0v) is 22.2. The second kappa shape index (κ2) is 13.2. The fraction of sp³-hybridized carbons (Fsp3) is 0.385. The first-order valence-corrected chi connectivity index (χ1v) is 12.9. The molecule has 1 saturated heterocycles. The van der Waals surface area contributed by atoms with Crippen molar-refractivity contribution in [2.75, 3.05) is 37.6 Å². The number of piperazine rings is 1. The zero-order valence-electron chi connectivity index (χ0n) is 20.0. The maximum atomic E-state index is 13.4. The molecule has 2 heterocycles. The van der Waals surface area contributed by atoms with Gasteiger partial charge in [0.25, 0.3) is 5.91 Å². The van der Waals surface area contributed by atoms with E-state index in [0.717, 1.165) is 15.1 Å². The summed E-state index contributed by atoms with van der Waals surface area (Å²) in [6, 6.07) is 12.6. The first-order chi connectivity index (χ1) is 16.9.